The summed E-state index contributed by atoms with van der Waals surface area (Å²) in [7, 11) is 0. The minimum absolute atomic E-state index is 0.118. The van der Waals surface area contributed by atoms with Crippen LogP contribution in [-0.4, -0.2) is 42.1 Å². The van der Waals surface area contributed by atoms with E-state index in [1.165, 1.54) is 12.1 Å². The van der Waals surface area contributed by atoms with Gasteiger partial charge in [-0.25, -0.2) is 0 Å². The molecule has 0 radical (unpaired) electrons. The number of rotatable bonds is 2. The fourth-order valence-electron chi connectivity index (χ4n) is 1.92. The Morgan fingerprint density at radius 2 is 1.95 bits per heavy atom. The van der Waals surface area contributed by atoms with Crippen molar-refractivity contribution in [2.75, 3.05) is 26.2 Å². The molecule has 0 aromatic heterocycles. The molecule has 1 fully saturated rings. The zero-order valence-corrected chi connectivity index (χ0v) is 10.5. The van der Waals surface area contributed by atoms with Crippen LogP contribution in [0.5, 0.6) is 5.75 Å². The molecule has 1 aliphatic rings. The highest BCUT2D eigenvalue weighted by Crippen LogP contribution is 2.14. The third-order valence-corrected chi connectivity index (χ3v) is 2.96. The molecule has 5 heteroatoms. The van der Waals surface area contributed by atoms with Crippen molar-refractivity contribution in [2.24, 2.45) is 0 Å². The van der Waals surface area contributed by atoms with E-state index in [0.29, 0.717) is 13.1 Å². The molecule has 1 aliphatic heterocycles. The number of aromatic hydroxyl groups is 1. The van der Waals surface area contributed by atoms with Gasteiger partial charge in [0, 0.05) is 26.2 Å². The van der Waals surface area contributed by atoms with Crippen molar-refractivity contribution in [3.05, 3.63) is 35.4 Å². The number of carbonyl (C=O) groups excluding carboxylic acids is 1. The van der Waals surface area contributed by atoms with Crippen molar-refractivity contribution in [3.63, 3.8) is 0 Å². The molecule has 1 amide bonds. The summed E-state index contributed by atoms with van der Waals surface area (Å²) in [6, 6.07) is 8.33. The zero-order chi connectivity index (χ0) is 13.7. The van der Waals surface area contributed by atoms with Gasteiger partial charge in [-0.05, 0) is 23.8 Å². The number of hydrogen-bond donors (Lipinski definition) is 2. The highest BCUT2D eigenvalue weighted by Gasteiger charge is 2.19. The minimum Gasteiger partial charge on any atom is -0.508 e. The Kier molecular flexibility index (Phi) is 4.16. The standard InChI is InChI=1S/C14H15N3O2/c15-10-12(9-11-1-3-13(18)4-2-11)14(19)17-7-5-16-6-8-17/h1-4,9,16,18H,5-8H2/b12-9+. The normalized spacial score (nSPS) is 15.9. The first-order valence-electron chi connectivity index (χ1n) is 6.11. The average molecular weight is 257 g/mol. The second-order valence-corrected chi connectivity index (χ2v) is 4.30. The fraction of sp³-hybridized carbons (Fsp3) is 0.286. The second kappa shape index (κ2) is 6.03. The first-order chi connectivity index (χ1) is 9.20. The van der Waals surface area contributed by atoms with Crippen LogP contribution in [0.3, 0.4) is 0 Å². The first kappa shape index (κ1) is 13.1. The monoisotopic (exact) mass is 257 g/mol. The highest BCUT2D eigenvalue weighted by molar-refractivity contribution is 6.01. The number of nitrogens with one attached hydrogen (secondary N) is 1. The van der Waals surface area contributed by atoms with Crippen molar-refractivity contribution in [3.8, 4) is 11.8 Å². The molecule has 2 rings (SSSR count). The van der Waals surface area contributed by atoms with E-state index in [2.05, 4.69) is 5.32 Å². The number of phenols is 1. The van der Waals surface area contributed by atoms with Crippen LogP contribution in [0, 0.1) is 11.3 Å². The van der Waals surface area contributed by atoms with Gasteiger partial charge in [0.15, 0.2) is 0 Å². The maximum Gasteiger partial charge on any atom is 0.264 e. The molecule has 1 aromatic carbocycles. The maximum absolute atomic E-state index is 12.2. The Morgan fingerprint density at radius 1 is 1.32 bits per heavy atom. The lowest BCUT2D eigenvalue weighted by Crippen LogP contribution is -2.46. The zero-order valence-electron chi connectivity index (χ0n) is 10.5. The van der Waals surface area contributed by atoms with Crippen LogP contribution in [0.2, 0.25) is 0 Å². The topological polar surface area (TPSA) is 76.4 Å². The van der Waals surface area contributed by atoms with Crippen LogP contribution in [0.4, 0.5) is 0 Å². The molecule has 2 N–H and O–H groups in total. The van der Waals surface area contributed by atoms with E-state index in [1.807, 2.05) is 6.07 Å². The molecule has 0 aliphatic carbocycles. The number of piperazine rings is 1. The number of nitrogens with zero attached hydrogens (tertiary/aromatic N) is 2. The predicted molar refractivity (Wildman–Crippen MR) is 71.1 cm³/mol. The molecule has 1 aromatic rings. The molecule has 0 bridgehead atoms. The van der Waals surface area contributed by atoms with Gasteiger partial charge in [0.1, 0.15) is 17.4 Å². The number of hydrogen-bond acceptors (Lipinski definition) is 4. The third kappa shape index (κ3) is 3.33. The SMILES string of the molecule is N#C/C(=C\c1ccc(O)cc1)C(=O)N1CCNCC1. The fourth-order valence-corrected chi connectivity index (χ4v) is 1.92. The number of carbonyl (C=O) groups is 1. The summed E-state index contributed by atoms with van der Waals surface area (Å²) >= 11 is 0. The van der Waals surface area contributed by atoms with Crippen LogP contribution in [0.15, 0.2) is 29.8 Å². The van der Waals surface area contributed by atoms with Gasteiger partial charge < -0.3 is 15.3 Å². The Hall–Kier alpha value is -2.32. The van der Waals surface area contributed by atoms with Crippen molar-refractivity contribution < 1.29 is 9.90 Å². The summed E-state index contributed by atoms with van der Waals surface area (Å²) in [5.41, 5.74) is 0.838. The molecule has 1 saturated heterocycles. The van der Waals surface area contributed by atoms with Crippen LogP contribution < -0.4 is 5.32 Å². The van der Waals surface area contributed by atoms with Crippen molar-refractivity contribution >= 4 is 12.0 Å². The van der Waals surface area contributed by atoms with E-state index >= 15 is 0 Å². The molecule has 98 valence electrons. The largest absolute Gasteiger partial charge is 0.508 e. The van der Waals surface area contributed by atoms with Gasteiger partial charge in [-0.2, -0.15) is 5.26 Å². The lowest BCUT2D eigenvalue weighted by atomic mass is 10.1. The van der Waals surface area contributed by atoms with Crippen molar-refractivity contribution in [2.45, 2.75) is 0 Å². The smallest absolute Gasteiger partial charge is 0.264 e. The summed E-state index contributed by atoms with van der Waals surface area (Å²) in [5, 5.41) is 21.5. The Labute approximate surface area is 111 Å². The Morgan fingerprint density at radius 3 is 2.53 bits per heavy atom. The quantitative estimate of drug-likeness (QED) is 0.605. The van der Waals surface area contributed by atoms with Crippen LogP contribution >= 0.6 is 0 Å². The number of phenolic OH excluding ortho intramolecular Hbond substituents is 1. The van der Waals surface area contributed by atoms with Gasteiger partial charge in [-0.3, -0.25) is 4.79 Å². The molecule has 0 spiro atoms. The highest BCUT2D eigenvalue weighted by atomic mass is 16.3. The molecule has 0 saturated carbocycles. The van der Waals surface area contributed by atoms with Crippen molar-refractivity contribution in [1.29, 1.82) is 5.26 Å². The number of benzene rings is 1. The van der Waals surface area contributed by atoms with E-state index in [-0.39, 0.29) is 17.2 Å². The molecule has 0 atom stereocenters. The molecular formula is C14H15N3O2. The predicted octanol–water partition coefficient (Wildman–Crippen LogP) is 0.731. The summed E-state index contributed by atoms with van der Waals surface area (Å²) in [4.78, 5) is 13.8. The lowest BCUT2D eigenvalue weighted by molar-refractivity contribution is -0.127. The van der Waals surface area contributed by atoms with E-state index in [9.17, 15) is 9.90 Å². The van der Waals surface area contributed by atoms with Gasteiger partial charge in [0.2, 0.25) is 0 Å². The molecule has 19 heavy (non-hydrogen) atoms. The number of amides is 1. The summed E-state index contributed by atoms with van der Waals surface area (Å²) in [6.45, 7) is 2.74. The van der Waals surface area contributed by atoms with Crippen LogP contribution in [-0.2, 0) is 4.79 Å². The van der Waals surface area contributed by atoms with E-state index in [0.717, 1.165) is 18.7 Å². The van der Waals surface area contributed by atoms with Gasteiger partial charge in [-0.15, -0.1) is 0 Å². The molecular weight excluding hydrogens is 242 g/mol. The maximum atomic E-state index is 12.2. The van der Waals surface area contributed by atoms with Gasteiger partial charge in [0.25, 0.3) is 5.91 Å². The van der Waals surface area contributed by atoms with Crippen LogP contribution in [0.25, 0.3) is 6.08 Å². The van der Waals surface area contributed by atoms with E-state index in [1.54, 1.807) is 23.1 Å². The first-order valence-corrected chi connectivity index (χ1v) is 6.11. The second-order valence-electron chi connectivity index (χ2n) is 4.30. The third-order valence-electron chi connectivity index (χ3n) is 2.96. The van der Waals surface area contributed by atoms with E-state index < -0.39 is 0 Å². The Balaban J connectivity index is 2.17. The van der Waals surface area contributed by atoms with E-state index in [4.69, 9.17) is 5.26 Å². The Bertz CT molecular complexity index is 523. The summed E-state index contributed by atoms with van der Waals surface area (Å²) in [5.74, 6) is -0.0823. The van der Waals surface area contributed by atoms with Crippen molar-refractivity contribution in [1.82, 2.24) is 10.2 Å². The lowest BCUT2D eigenvalue weighted by Gasteiger charge is -2.27. The molecule has 0 unspecified atom stereocenters. The van der Waals surface area contributed by atoms with Crippen LogP contribution in [0.1, 0.15) is 5.56 Å². The minimum atomic E-state index is -0.239. The van der Waals surface area contributed by atoms with Gasteiger partial charge in [-0.1, -0.05) is 12.1 Å². The van der Waals surface area contributed by atoms with Gasteiger partial charge in [0.05, 0.1) is 0 Å². The molecule has 5 nitrogen and oxygen atoms in total. The average Bonchev–Trinajstić information content (AvgIpc) is 2.47. The summed E-state index contributed by atoms with van der Waals surface area (Å²) < 4.78 is 0. The van der Waals surface area contributed by atoms with Gasteiger partial charge >= 0.3 is 0 Å². The molecule has 1 heterocycles. The summed E-state index contributed by atoms with van der Waals surface area (Å²) in [6.07, 6.45) is 1.55. The number of nitriles is 1.